The van der Waals surface area contributed by atoms with Crippen LogP contribution >= 0.6 is 23.2 Å². The largest absolute Gasteiger partial charge is 0.381 e. The molecule has 0 radical (unpaired) electrons. The molecule has 2 rings (SSSR count). The van der Waals surface area contributed by atoms with Gasteiger partial charge in [-0.1, -0.05) is 23.2 Å². The molecule has 1 aliphatic heterocycles. The van der Waals surface area contributed by atoms with Gasteiger partial charge < -0.3 is 15.4 Å². The Kier molecular flexibility index (Phi) is 5.52. The van der Waals surface area contributed by atoms with Gasteiger partial charge in [0, 0.05) is 24.3 Å². The number of halogens is 2. The summed E-state index contributed by atoms with van der Waals surface area (Å²) < 4.78 is 5.25. The van der Waals surface area contributed by atoms with Crippen molar-refractivity contribution in [3.05, 3.63) is 27.7 Å². The van der Waals surface area contributed by atoms with Crippen LogP contribution < -0.4 is 10.6 Å². The topological polar surface area (TPSA) is 50.4 Å². The molecule has 1 heterocycles. The third-order valence-electron chi connectivity index (χ3n) is 3.27. The maximum Gasteiger partial charge on any atom is 0.239 e. The molecule has 6 heteroatoms. The van der Waals surface area contributed by atoms with Gasteiger partial charge in [0.1, 0.15) is 0 Å². The highest BCUT2D eigenvalue weighted by atomic mass is 35.5. The van der Waals surface area contributed by atoms with Crippen LogP contribution in [0.25, 0.3) is 0 Å². The number of hydrogen-bond acceptors (Lipinski definition) is 3. The Balaban J connectivity index is 1.85. The molecule has 0 bridgehead atoms. The first kappa shape index (κ1) is 15.4. The molecule has 4 nitrogen and oxygen atoms in total. The molecule has 1 aromatic rings. The molecule has 20 heavy (non-hydrogen) atoms. The van der Waals surface area contributed by atoms with Crippen molar-refractivity contribution in [2.24, 2.45) is 0 Å². The Morgan fingerprint density at radius 1 is 1.30 bits per heavy atom. The smallest absolute Gasteiger partial charge is 0.239 e. The van der Waals surface area contributed by atoms with Crippen molar-refractivity contribution in [1.82, 2.24) is 5.32 Å². The molecular formula is C14H18Cl2N2O2. The monoisotopic (exact) mass is 316 g/mol. The molecule has 0 spiro atoms. The van der Waals surface area contributed by atoms with Crippen molar-refractivity contribution in [3.63, 3.8) is 0 Å². The van der Waals surface area contributed by atoms with Gasteiger partial charge in [-0.15, -0.1) is 0 Å². The van der Waals surface area contributed by atoms with Crippen LogP contribution in [0.2, 0.25) is 10.0 Å². The van der Waals surface area contributed by atoms with Gasteiger partial charge in [0.15, 0.2) is 0 Å². The van der Waals surface area contributed by atoms with Crippen molar-refractivity contribution < 1.29 is 9.53 Å². The van der Waals surface area contributed by atoms with Crippen molar-refractivity contribution in [2.75, 3.05) is 25.1 Å². The van der Waals surface area contributed by atoms with E-state index in [1.165, 1.54) is 0 Å². The van der Waals surface area contributed by atoms with E-state index in [4.69, 9.17) is 27.9 Å². The summed E-state index contributed by atoms with van der Waals surface area (Å²) in [5.74, 6) is -0.0512. The number of carbonyl (C=O) groups excluding carboxylic acids is 1. The van der Waals surface area contributed by atoms with E-state index in [2.05, 4.69) is 10.6 Å². The van der Waals surface area contributed by atoms with E-state index >= 15 is 0 Å². The molecule has 0 saturated carbocycles. The van der Waals surface area contributed by atoms with Gasteiger partial charge in [0.25, 0.3) is 0 Å². The second kappa shape index (κ2) is 7.16. The second-order valence-electron chi connectivity index (χ2n) is 4.89. The van der Waals surface area contributed by atoms with Gasteiger partial charge in [-0.2, -0.15) is 0 Å². The Hall–Kier alpha value is -0.970. The number of nitrogens with one attached hydrogen (secondary N) is 2. The van der Waals surface area contributed by atoms with Crippen LogP contribution in [0, 0.1) is 6.92 Å². The zero-order valence-electron chi connectivity index (χ0n) is 11.3. The van der Waals surface area contributed by atoms with E-state index in [0.29, 0.717) is 28.9 Å². The number of ether oxygens (including phenoxy) is 1. The number of benzene rings is 1. The molecular weight excluding hydrogens is 299 g/mol. The van der Waals surface area contributed by atoms with Crippen LogP contribution in [-0.2, 0) is 9.53 Å². The van der Waals surface area contributed by atoms with Crippen molar-refractivity contribution in [2.45, 2.75) is 25.8 Å². The van der Waals surface area contributed by atoms with Crippen LogP contribution in [0.1, 0.15) is 18.4 Å². The average Bonchev–Trinajstić information content (AvgIpc) is 2.42. The SMILES string of the molecule is Cc1cc(Cl)c(NCC(=O)NC2CCOCC2)cc1Cl. The fourth-order valence-electron chi connectivity index (χ4n) is 2.08. The summed E-state index contributed by atoms with van der Waals surface area (Å²) in [5.41, 5.74) is 1.58. The molecule has 0 atom stereocenters. The zero-order chi connectivity index (χ0) is 14.5. The standard InChI is InChI=1S/C14H18Cl2N2O2/c1-9-6-12(16)13(7-11(9)15)17-8-14(19)18-10-2-4-20-5-3-10/h6-7,10,17H,2-5,8H2,1H3,(H,18,19). The summed E-state index contributed by atoms with van der Waals surface area (Å²) in [7, 11) is 0. The van der Waals surface area contributed by atoms with Gasteiger partial charge in [-0.25, -0.2) is 0 Å². The minimum Gasteiger partial charge on any atom is -0.381 e. The maximum atomic E-state index is 11.9. The average molecular weight is 317 g/mol. The number of aryl methyl sites for hydroxylation is 1. The summed E-state index contributed by atoms with van der Waals surface area (Å²) >= 11 is 12.2. The highest BCUT2D eigenvalue weighted by Crippen LogP contribution is 2.28. The van der Waals surface area contributed by atoms with Gasteiger partial charge in [-0.05, 0) is 37.5 Å². The van der Waals surface area contributed by atoms with Gasteiger partial charge >= 0.3 is 0 Å². The van der Waals surface area contributed by atoms with Gasteiger partial charge in [0.2, 0.25) is 5.91 Å². The van der Waals surface area contributed by atoms with Crippen LogP contribution in [0.4, 0.5) is 5.69 Å². The normalized spacial score (nSPS) is 15.9. The van der Waals surface area contributed by atoms with E-state index in [-0.39, 0.29) is 18.5 Å². The predicted molar refractivity (Wildman–Crippen MR) is 81.7 cm³/mol. The zero-order valence-corrected chi connectivity index (χ0v) is 12.9. The minimum absolute atomic E-state index is 0.0512. The summed E-state index contributed by atoms with van der Waals surface area (Å²) in [6.45, 7) is 3.47. The molecule has 110 valence electrons. The molecule has 1 amide bonds. The summed E-state index contributed by atoms with van der Waals surface area (Å²) in [5, 5.41) is 7.18. The number of amides is 1. The number of anilines is 1. The fourth-order valence-corrected chi connectivity index (χ4v) is 2.53. The van der Waals surface area contributed by atoms with E-state index < -0.39 is 0 Å². The Morgan fingerprint density at radius 3 is 2.70 bits per heavy atom. The van der Waals surface area contributed by atoms with Crippen molar-refractivity contribution >= 4 is 34.8 Å². The lowest BCUT2D eigenvalue weighted by atomic mass is 10.1. The number of rotatable bonds is 4. The van der Waals surface area contributed by atoms with Gasteiger partial charge in [-0.3, -0.25) is 4.79 Å². The second-order valence-corrected chi connectivity index (χ2v) is 5.70. The van der Waals surface area contributed by atoms with Crippen molar-refractivity contribution in [1.29, 1.82) is 0 Å². The summed E-state index contributed by atoms with van der Waals surface area (Å²) in [6.07, 6.45) is 1.73. The summed E-state index contributed by atoms with van der Waals surface area (Å²) in [6, 6.07) is 3.72. The van der Waals surface area contributed by atoms with Crippen LogP contribution in [0.5, 0.6) is 0 Å². The van der Waals surface area contributed by atoms with E-state index in [1.54, 1.807) is 12.1 Å². The highest BCUT2D eigenvalue weighted by Gasteiger charge is 2.16. The van der Waals surface area contributed by atoms with E-state index in [1.807, 2.05) is 6.92 Å². The van der Waals surface area contributed by atoms with Crippen molar-refractivity contribution in [3.8, 4) is 0 Å². The lowest BCUT2D eigenvalue weighted by molar-refractivity contribution is -0.120. The minimum atomic E-state index is -0.0512. The lowest BCUT2D eigenvalue weighted by Gasteiger charge is -2.23. The predicted octanol–water partition coefficient (Wildman–Crippen LogP) is 3.01. The number of hydrogen-bond donors (Lipinski definition) is 2. The molecule has 1 saturated heterocycles. The van der Waals surface area contributed by atoms with Gasteiger partial charge in [0.05, 0.1) is 17.3 Å². The first-order valence-electron chi connectivity index (χ1n) is 6.63. The Morgan fingerprint density at radius 2 is 2.00 bits per heavy atom. The fraction of sp³-hybridized carbons (Fsp3) is 0.500. The molecule has 0 aromatic heterocycles. The maximum absolute atomic E-state index is 11.9. The third-order valence-corrected chi connectivity index (χ3v) is 3.99. The Bertz CT molecular complexity index is 488. The van der Waals surface area contributed by atoms with E-state index in [9.17, 15) is 4.79 Å². The molecule has 1 aliphatic rings. The number of carbonyl (C=O) groups is 1. The molecule has 0 unspecified atom stereocenters. The van der Waals surface area contributed by atoms with Crippen LogP contribution in [-0.4, -0.2) is 31.7 Å². The first-order chi connectivity index (χ1) is 9.56. The quantitative estimate of drug-likeness (QED) is 0.897. The molecule has 2 N–H and O–H groups in total. The molecule has 1 aromatic carbocycles. The highest BCUT2D eigenvalue weighted by molar-refractivity contribution is 6.35. The molecule has 0 aliphatic carbocycles. The van der Waals surface area contributed by atoms with Crippen LogP contribution in [0.15, 0.2) is 12.1 Å². The van der Waals surface area contributed by atoms with E-state index in [0.717, 1.165) is 18.4 Å². The Labute approximate surface area is 128 Å². The third kappa shape index (κ3) is 4.27. The summed E-state index contributed by atoms with van der Waals surface area (Å²) in [4.78, 5) is 11.9. The lowest BCUT2D eigenvalue weighted by Crippen LogP contribution is -2.41. The van der Waals surface area contributed by atoms with Crippen LogP contribution in [0.3, 0.4) is 0 Å². The molecule has 1 fully saturated rings. The first-order valence-corrected chi connectivity index (χ1v) is 7.38.